The van der Waals surface area contributed by atoms with Crippen LogP contribution >= 0.6 is 0 Å². The molecule has 158 valence electrons. The van der Waals surface area contributed by atoms with Gasteiger partial charge in [0.2, 0.25) is 0 Å². The minimum Gasteiger partial charge on any atom is -0.357 e. The van der Waals surface area contributed by atoms with E-state index in [1.807, 2.05) is 36.4 Å². The van der Waals surface area contributed by atoms with Gasteiger partial charge in [0.1, 0.15) is 5.82 Å². The monoisotopic (exact) mass is 407 g/mol. The third-order valence-corrected chi connectivity index (χ3v) is 6.04. The quantitative estimate of drug-likeness (QED) is 0.642. The molecular formula is C25H30FN3O. The lowest BCUT2D eigenvalue weighted by Crippen LogP contribution is -2.40. The summed E-state index contributed by atoms with van der Waals surface area (Å²) in [7, 11) is 2.13. The van der Waals surface area contributed by atoms with Crippen LogP contribution in [-0.2, 0) is 13.0 Å². The molecule has 5 heteroatoms. The Labute approximate surface area is 177 Å². The van der Waals surface area contributed by atoms with E-state index in [9.17, 15) is 9.18 Å². The minimum atomic E-state index is -0.174. The van der Waals surface area contributed by atoms with E-state index in [-0.39, 0.29) is 11.2 Å². The van der Waals surface area contributed by atoms with Gasteiger partial charge < -0.3 is 14.8 Å². The first-order valence-electron chi connectivity index (χ1n) is 10.8. The first-order valence-corrected chi connectivity index (χ1v) is 10.8. The molecule has 30 heavy (non-hydrogen) atoms. The SMILES string of the molecule is CN(Cc1cc(=O)c2ccccc2[nH]1)C[C@H]1CCCN(CCc2ccc(F)cc2)C1. The molecule has 2 heterocycles. The number of hydrogen-bond acceptors (Lipinski definition) is 3. The molecule has 0 bridgehead atoms. The highest BCUT2D eigenvalue weighted by Gasteiger charge is 2.21. The molecule has 1 aliphatic heterocycles. The maximum absolute atomic E-state index is 13.1. The molecule has 3 aromatic rings. The number of nitrogens with one attached hydrogen (secondary N) is 1. The lowest BCUT2D eigenvalue weighted by molar-refractivity contribution is 0.142. The summed E-state index contributed by atoms with van der Waals surface area (Å²) in [6, 6.07) is 16.3. The number of benzene rings is 2. The number of fused-ring (bicyclic) bond motifs is 1. The minimum absolute atomic E-state index is 0.0809. The largest absolute Gasteiger partial charge is 0.357 e. The van der Waals surface area contributed by atoms with Crippen LogP contribution in [0, 0.1) is 11.7 Å². The lowest BCUT2D eigenvalue weighted by Gasteiger charge is -2.34. The molecule has 2 aromatic carbocycles. The van der Waals surface area contributed by atoms with Crippen LogP contribution in [0.1, 0.15) is 24.1 Å². The van der Waals surface area contributed by atoms with Gasteiger partial charge in [-0.3, -0.25) is 4.79 Å². The Balaban J connectivity index is 1.30. The van der Waals surface area contributed by atoms with E-state index < -0.39 is 0 Å². The van der Waals surface area contributed by atoms with Crippen LogP contribution in [-0.4, -0.2) is 48.0 Å². The fourth-order valence-electron chi connectivity index (χ4n) is 4.58. The predicted octanol–water partition coefficient (Wildman–Crippen LogP) is 4.05. The molecule has 1 aromatic heterocycles. The lowest BCUT2D eigenvalue weighted by atomic mass is 9.97. The number of pyridine rings is 1. The molecule has 0 aliphatic carbocycles. The Morgan fingerprint density at radius 2 is 1.97 bits per heavy atom. The molecule has 0 unspecified atom stereocenters. The van der Waals surface area contributed by atoms with Crippen molar-refractivity contribution in [3.05, 3.63) is 81.9 Å². The second-order valence-electron chi connectivity index (χ2n) is 8.59. The van der Waals surface area contributed by atoms with Crippen molar-refractivity contribution in [2.24, 2.45) is 5.92 Å². The predicted molar refractivity (Wildman–Crippen MR) is 120 cm³/mol. The fraction of sp³-hybridized carbons (Fsp3) is 0.400. The number of piperidine rings is 1. The van der Waals surface area contributed by atoms with Crippen molar-refractivity contribution in [2.75, 3.05) is 33.2 Å². The van der Waals surface area contributed by atoms with E-state index in [0.717, 1.165) is 55.7 Å². The zero-order valence-electron chi connectivity index (χ0n) is 17.6. The van der Waals surface area contributed by atoms with Crippen LogP contribution in [0.15, 0.2) is 59.4 Å². The highest BCUT2D eigenvalue weighted by atomic mass is 19.1. The number of aromatic amines is 1. The van der Waals surface area contributed by atoms with E-state index >= 15 is 0 Å². The van der Waals surface area contributed by atoms with Crippen LogP contribution in [0.2, 0.25) is 0 Å². The number of para-hydroxylation sites is 1. The molecule has 4 rings (SSSR count). The zero-order chi connectivity index (χ0) is 20.9. The summed E-state index contributed by atoms with van der Waals surface area (Å²) >= 11 is 0. The standard InChI is InChI=1S/C25H30FN3O/c1-28(18-22-15-25(30)23-6-2-3-7-24(23)27-22)16-20-5-4-13-29(17-20)14-12-19-8-10-21(26)11-9-19/h2-3,6-11,15,20H,4-5,12-14,16-18H2,1H3,(H,27,30)/t20-/m1/s1. The molecule has 0 amide bonds. The Bertz CT molecular complexity index is 1030. The first-order chi connectivity index (χ1) is 14.6. The topological polar surface area (TPSA) is 39.3 Å². The van der Waals surface area contributed by atoms with Crippen molar-refractivity contribution in [1.82, 2.24) is 14.8 Å². The molecule has 1 aliphatic rings. The fourth-order valence-corrected chi connectivity index (χ4v) is 4.58. The molecule has 1 N–H and O–H groups in total. The smallest absolute Gasteiger partial charge is 0.189 e. The number of H-pyrrole nitrogens is 1. The zero-order valence-corrected chi connectivity index (χ0v) is 17.6. The maximum atomic E-state index is 13.1. The molecule has 0 saturated carbocycles. The highest BCUT2D eigenvalue weighted by Crippen LogP contribution is 2.19. The van der Waals surface area contributed by atoms with Crippen LogP contribution in [0.5, 0.6) is 0 Å². The van der Waals surface area contributed by atoms with E-state index in [4.69, 9.17) is 0 Å². The van der Waals surface area contributed by atoms with Crippen molar-refractivity contribution >= 4 is 10.9 Å². The summed E-state index contributed by atoms with van der Waals surface area (Å²) < 4.78 is 13.1. The Hall–Kier alpha value is -2.50. The summed E-state index contributed by atoms with van der Waals surface area (Å²) in [5.41, 5.74) is 3.14. The summed E-state index contributed by atoms with van der Waals surface area (Å²) in [5.74, 6) is 0.455. The number of halogens is 1. The van der Waals surface area contributed by atoms with Crippen molar-refractivity contribution < 1.29 is 4.39 Å². The molecule has 1 fully saturated rings. The molecule has 0 radical (unpaired) electrons. The molecular weight excluding hydrogens is 377 g/mol. The van der Waals surface area contributed by atoms with Crippen LogP contribution in [0.25, 0.3) is 10.9 Å². The summed E-state index contributed by atoms with van der Waals surface area (Å²) in [4.78, 5) is 20.6. The Morgan fingerprint density at radius 3 is 2.80 bits per heavy atom. The average molecular weight is 408 g/mol. The second-order valence-corrected chi connectivity index (χ2v) is 8.59. The van der Waals surface area contributed by atoms with Crippen molar-refractivity contribution in [3.8, 4) is 0 Å². The van der Waals surface area contributed by atoms with Crippen LogP contribution in [0.3, 0.4) is 0 Å². The van der Waals surface area contributed by atoms with Gasteiger partial charge in [0, 0.05) is 48.8 Å². The number of aromatic nitrogens is 1. The van der Waals surface area contributed by atoms with E-state index in [2.05, 4.69) is 21.8 Å². The highest BCUT2D eigenvalue weighted by molar-refractivity contribution is 5.78. The normalized spacial score (nSPS) is 17.6. The van der Waals surface area contributed by atoms with Gasteiger partial charge in [-0.25, -0.2) is 4.39 Å². The molecule has 0 spiro atoms. The third-order valence-electron chi connectivity index (χ3n) is 6.04. The average Bonchev–Trinajstić information content (AvgIpc) is 2.73. The van der Waals surface area contributed by atoms with Gasteiger partial charge in [-0.2, -0.15) is 0 Å². The van der Waals surface area contributed by atoms with Crippen molar-refractivity contribution in [3.63, 3.8) is 0 Å². The summed E-state index contributed by atoms with van der Waals surface area (Å²) in [6.07, 6.45) is 3.42. The Morgan fingerprint density at radius 1 is 1.17 bits per heavy atom. The number of hydrogen-bond donors (Lipinski definition) is 1. The van der Waals surface area contributed by atoms with Gasteiger partial charge in [-0.1, -0.05) is 24.3 Å². The summed E-state index contributed by atoms with van der Waals surface area (Å²) in [5, 5.41) is 0.743. The number of rotatable bonds is 7. The first kappa shape index (κ1) is 20.8. The van der Waals surface area contributed by atoms with Gasteiger partial charge in [-0.15, -0.1) is 0 Å². The number of likely N-dealkylation sites (tertiary alicyclic amines) is 1. The van der Waals surface area contributed by atoms with Crippen molar-refractivity contribution in [1.29, 1.82) is 0 Å². The van der Waals surface area contributed by atoms with E-state index in [1.54, 1.807) is 18.2 Å². The van der Waals surface area contributed by atoms with Gasteiger partial charge in [-0.05, 0) is 68.6 Å². The van der Waals surface area contributed by atoms with Gasteiger partial charge >= 0.3 is 0 Å². The van der Waals surface area contributed by atoms with E-state index in [0.29, 0.717) is 5.92 Å². The number of nitrogens with zero attached hydrogens (tertiary/aromatic N) is 2. The van der Waals surface area contributed by atoms with Gasteiger partial charge in [0.15, 0.2) is 5.43 Å². The van der Waals surface area contributed by atoms with E-state index in [1.165, 1.54) is 18.4 Å². The third kappa shape index (κ3) is 5.35. The van der Waals surface area contributed by atoms with Crippen LogP contribution in [0.4, 0.5) is 4.39 Å². The Kier molecular flexibility index (Phi) is 6.60. The maximum Gasteiger partial charge on any atom is 0.189 e. The molecule has 1 saturated heterocycles. The molecule has 4 nitrogen and oxygen atoms in total. The van der Waals surface area contributed by atoms with Crippen LogP contribution < -0.4 is 5.43 Å². The van der Waals surface area contributed by atoms with Gasteiger partial charge in [0.25, 0.3) is 0 Å². The summed E-state index contributed by atoms with van der Waals surface area (Å²) in [6.45, 7) is 5.01. The van der Waals surface area contributed by atoms with Crippen molar-refractivity contribution in [2.45, 2.75) is 25.8 Å². The van der Waals surface area contributed by atoms with Gasteiger partial charge in [0.05, 0.1) is 0 Å². The molecule has 1 atom stereocenters. The second kappa shape index (κ2) is 9.54.